The van der Waals surface area contributed by atoms with E-state index in [2.05, 4.69) is 18.3 Å². The lowest BCUT2D eigenvalue weighted by atomic mass is 9.96. The molecule has 0 saturated carbocycles. The van der Waals surface area contributed by atoms with Crippen molar-refractivity contribution in [3.8, 4) is 11.5 Å². The summed E-state index contributed by atoms with van der Waals surface area (Å²) in [6.45, 7) is 4.20. The Kier molecular flexibility index (Phi) is 2.82. The molecule has 0 spiro atoms. The Morgan fingerprint density at radius 2 is 1.87 bits per heavy atom. The van der Waals surface area contributed by atoms with E-state index < -0.39 is 0 Å². The Hall–Kier alpha value is -1.22. The Balaban J connectivity index is 2.41. The molecule has 1 aromatic rings. The van der Waals surface area contributed by atoms with Gasteiger partial charge in [-0.2, -0.15) is 0 Å². The maximum Gasteiger partial charge on any atom is 0.161 e. The van der Waals surface area contributed by atoms with Gasteiger partial charge in [0, 0.05) is 6.04 Å². The zero-order chi connectivity index (χ0) is 10.8. The third-order valence-electron chi connectivity index (χ3n) is 2.69. The van der Waals surface area contributed by atoms with Gasteiger partial charge in [0.2, 0.25) is 0 Å². The fourth-order valence-electron chi connectivity index (χ4n) is 1.87. The molecule has 1 aliphatic rings. The zero-order valence-corrected chi connectivity index (χ0v) is 9.33. The molecule has 15 heavy (non-hydrogen) atoms. The van der Waals surface area contributed by atoms with E-state index in [1.54, 1.807) is 14.2 Å². The molecular weight excluding hydrogens is 190 g/mol. The van der Waals surface area contributed by atoms with E-state index in [0.717, 1.165) is 17.9 Å². The first-order valence-corrected chi connectivity index (χ1v) is 5.08. The van der Waals surface area contributed by atoms with Crippen molar-refractivity contribution < 1.29 is 9.47 Å². The van der Waals surface area contributed by atoms with Gasteiger partial charge in [0.25, 0.3) is 0 Å². The molecule has 0 bridgehead atoms. The zero-order valence-electron chi connectivity index (χ0n) is 9.33. The van der Waals surface area contributed by atoms with Crippen LogP contribution in [0.2, 0.25) is 0 Å². The van der Waals surface area contributed by atoms with E-state index in [1.807, 2.05) is 12.6 Å². The normalized spacial score (nSPS) is 19.5. The molecule has 0 fully saturated rings. The third-order valence-corrected chi connectivity index (χ3v) is 2.69. The van der Waals surface area contributed by atoms with Gasteiger partial charge in [-0.15, -0.1) is 0 Å². The lowest BCUT2D eigenvalue weighted by molar-refractivity contribution is 0.353. The molecule has 1 heterocycles. The van der Waals surface area contributed by atoms with Crippen molar-refractivity contribution in [3.05, 3.63) is 29.8 Å². The van der Waals surface area contributed by atoms with Crippen LogP contribution in [0.5, 0.6) is 11.5 Å². The van der Waals surface area contributed by atoms with E-state index >= 15 is 0 Å². The molecule has 0 saturated heterocycles. The molecule has 1 atom stereocenters. The Morgan fingerprint density at radius 3 is 2.53 bits per heavy atom. The van der Waals surface area contributed by atoms with Crippen LogP contribution in [0.15, 0.2) is 12.1 Å². The summed E-state index contributed by atoms with van der Waals surface area (Å²) in [5.74, 6) is 1.59. The first-order chi connectivity index (χ1) is 7.24. The summed E-state index contributed by atoms with van der Waals surface area (Å²) in [4.78, 5) is 0. The van der Waals surface area contributed by atoms with Gasteiger partial charge in [-0.1, -0.05) is 0 Å². The molecule has 1 radical (unpaired) electrons. The summed E-state index contributed by atoms with van der Waals surface area (Å²) in [5.41, 5.74) is 2.49. The second-order valence-electron chi connectivity index (χ2n) is 3.82. The Bertz CT molecular complexity index is 363. The molecule has 2 rings (SSSR count). The molecule has 0 aromatic heterocycles. The first kappa shape index (κ1) is 10.3. The second kappa shape index (κ2) is 4.11. The lowest BCUT2D eigenvalue weighted by Gasteiger charge is -2.24. The standard InChI is InChI=1S/C12H16NO2/c1-8-4-9-5-11(14-2)12(15-3)6-10(9)7-13-8/h5-8,13H,4H2,1-3H3. The molecule has 1 aromatic carbocycles. The van der Waals surface area contributed by atoms with E-state index in [9.17, 15) is 0 Å². The van der Waals surface area contributed by atoms with Gasteiger partial charge >= 0.3 is 0 Å². The number of rotatable bonds is 2. The number of methoxy groups -OCH3 is 2. The monoisotopic (exact) mass is 206 g/mol. The van der Waals surface area contributed by atoms with Crippen LogP contribution in [0.3, 0.4) is 0 Å². The van der Waals surface area contributed by atoms with Crippen LogP contribution >= 0.6 is 0 Å². The average molecular weight is 206 g/mol. The molecular formula is C12H16NO2. The smallest absolute Gasteiger partial charge is 0.161 e. The van der Waals surface area contributed by atoms with E-state index in [4.69, 9.17) is 9.47 Å². The topological polar surface area (TPSA) is 30.5 Å². The van der Waals surface area contributed by atoms with Gasteiger partial charge in [0.1, 0.15) is 0 Å². The van der Waals surface area contributed by atoms with Crippen LogP contribution in [0.1, 0.15) is 18.1 Å². The van der Waals surface area contributed by atoms with Crippen LogP contribution in [-0.4, -0.2) is 20.3 Å². The fourth-order valence-corrected chi connectivity index (χ4v) is 1.87. The van der Waals surface area contributed by atoms with Crippen molar-refractivity contribution in [2.75, 3.05) is 14.2 Å². The summed E-state index contributed by atoms with van der Waals surface area (Å²) >= 11 is 0. The Labute approximate surface area is 90.4 Å². The van der Waals surface area contributed by atoms with Gasteiger partial charge in [-0.3, -0.25) is 0 Å². The number of hydrogen-bond acceptors (Lipinski definition) is 3. The minimum atomic E-state index is 0.482. The number of nitrogens with one attached hydrogen (secondary N) is 1. The van der Waals surface area contributed by atoms with Gasteiger partial charge < -0.3 is 14.8 Å². The third kappa shape index (κ3) is 1.92. The molecule has 3 nitrogen and oxygen atoms in total. The predicted molar refractivity (Wildman–Crippen MR) is 59.2 cm³/mol. The first-order valence-electron chi connectivity index (χ1n) is 5.08. The largest absolute Gasteiger partial charge is 0.493 e. The number of hydrogen-bond donors (Lipinski definition) is 1. The number of ether oxygens (including phenoxy) is 2. The van der Waals surface area contributed by atoms with Crippen molar-refractivity contribution in [1.29, 1.82) is 0 Å². The molecule has 0 aliphatic carbocycles. The number of benzene rings is 1. The number of fused-ring (bicyclic) bond motifs is 1. The molecule has 3 heteroatoms. The van der Waals surface area contributed by atoms with Crippen molar-refractivity contribution in [2.24, 2.45) is 0 Å². The van der Waals surface area contributed by atoms with Crippen molar-refractivity contribution in [3.63, 3.8) is 0 Å². The Morgan fingerprint density at radius 1 is 1.20 bits per heavy atom. The van der Waals surface area contributed by atoms with Gasteiger partial charge in [0.05, 0.1) is 20.8 Å². The highest BCUT2D eigenvalue weighted by Gasteiger charge is 2.17. The predicted octanol–water partition coefficient (Wildman–Crippen LogP) is 1.75. The van der Waals surface area contributed by atoms with Crippen LogP contribution in [-0.2, 0) is 6.42 Å². The summed E-state index contributed by atoms with van der Waals surface area (Å²) in [6.07, 6.45) is 1.02. The van der Waals surface area contributed by atoms with Crippen LogP contribution in [0.4, 0.5) is 0 Å². The van der Waals surface area contributed by atoms with E-state index in [0.29, 0.717) is 6.04 Å². The average Bonchev–Trinajstić information content (AvgIpc) is 2.27. The van der Waals surface area contributed by atoms with Gasteiger partial charge in [0.15, 0.2) is 11.5 Å². The van der Waals surface area contributed by atoms with E-state index in [-0.39, 0.29) is 0 Å². The summed E-state index contributed by atoms with van der Waals surface area (Å²) in [6, 6.07) is 4.55. The maximum absolute atomic E-state index is 5.28. The van der Waals surface area contributed by atoms with Crippen LogP contribution in [0.25, 0.3) is 0 Å². The summed E-state index contributed by atoms with van der Waals surface area (Å²) in [7, 11) is 3.32. The molecule has 81 valence electrons. The summed E-state index contributed by atoms with van der Waals surface area (Å²) < 4.78 is 10.5. The minimum absolute atomic E-state index is 0.482. The molecule has 1 unspecified atom stereocenters. The molecule has 0 amide bonds. The minimum Gasteiger partial charge on any atom is -0.493 e. The molecule has 1 N–H and O–H groups in total. The van der Waals surface area contributed by atoms with E-state index in [1.165, 1.54) is 11.1 Å². The lowest BCUT2D eigenvalue weighted by Crippen LogP contribution is -2.31. The molecule has 1 aliphatic heterocycles. The highest BCUT2D eigenvalue weighted by molar-refractivity contribution is 5.50. The fraction of sp³-hybridized carbons (Fsp3) is 0.417. The highest BCUT2D eigenvalue weighted by Crippen LogP contribution is 2.32. The van der Waals surface area contributed by atoms with Crippen LogP contribution in [0, 0.1) is 6.54 Å². The second-order valence-corrected chi connectivity index (χ2v) is 3.82. The van der Waals surface area contributed by atoms with Gasteiger partial charge in [-0.05, 0) is 36.6 Å². The van der Waals surface area contributed by atoms with Crippen LogP contribution < -0.4 is 14.8 Å². The quantitative estimate of drug-likeness (QED) is 0.799. The highest BCUT2D eigenvalue weighted by atomic mass is 16.5. The van der Waals surface area contributed by atoms with Crippen molar-refractivity contribution in [2.45, 2.75) is 19.4 Å². The van der Waals surface area contributed by atoms with Crippen molar-refractivity contribution in [1.82, 2.24) is 5.32 Å². The maximum atomic E-state index is 5.28. The summed E-state index contributed by atoms with van der Waals surface area (Å²) in [5, 5.41) is 3.31. The van der Waals surface area contributed by atoms with Crippen molar-refractivity contribution >= 4 is 0 Å². The van der Waals surface area contributed by atoms with Gasteiger partial charge in [-0.25, -0.2) is 0 Å². The SMILES string of the molecule is COc1cc2c(cc1OC)CC(C)N[CH]2.